The average Bonchev–Trinajstić information content (AvgIpc) is 3.86. The van der Waals surface area contributed by atoms with E-state index in [1.54, 1.807) is 31.6 Å². The highest BCUT2D eigenvalue weighted by molar-refractivity contribution is 6.00. The van der Waals surface area contributed by atoms with Gasteiger partial charge in [-0.15, -0.1) is 10.2 Å². The summed E-state index contributed by atoms with van der Waals surface area (Å²) in [5.74, 6) is 5.24. The molecule has 3 aromatic rings. The molecule has 0 aliphatic heterocycles. The van der Waals surface area contributed by atoms with Crippen LogP contribution in [0.5, 0.6) is 0 Å². The van der Waals surface area contributed by atoms with Crippen LogP contribution in [0.25, 0.3) is 11.5 Å². The normalized spacial score (nSPS) is 29.4. The first-order chi connectivity index (χ1) is 29.2. The van der Waals surface area contributed by atoms with E-state index in [9.17, 15) is 18.8 Å². The Morgan fingerprint density at radius 3 is 2.05 bits per heavy atom. The number of allylic oxidation sites excluding steroid dienone is 2. The molecule has 0 saturated heterocycles. The number of pyridine rings is 1. The fourth-order valence-corrected chi connectivity index (χ4v) is 12.7. The highest BCUT2D eigenvalue weighted by Gasteiger charge is 2.64. The van der Waals surface area contributed by atoms with Crippen molar-refractivity contribution in [2.45, 2.75) is 133 Å². The smallest absolute Gasteiger partial charge is 0.304 e. The Kier molecular flexibility index (Phi) is 16.8. The van der Waals surface area contributed by atoms with Crippen LogP contribution < -0.4 is 0 Å². The van der Waals surface area contributed by atoms with Gasteiger partial charge in [-0.2, -0.15) is 0 Å². The monoisotopic (exact) mass is 859 g/mol. The number of fused-ring (bicyclic) bond motifs is 7. The third-order valence-corrected chi connectivity index (χ3v) is 15.4. The van der Waals surface area contributed by atoms with Crippen LogP contribution in [0.1, 0.15) is 130 Å². The van der Waals surface area contributed by atoms with E-state index in [-0.39, 0.29) is 23.6 Å². The highest BCUT2D eigenvalue weighted by atomic mass is 19.1. The van der Waals surface area contributed by atoms with Gasteiger partial charge in [-0.3, -0.25) is 14.6 Å². The topological polar surface area (TPSA) is 156 Å². The molecule has 0 radical (unpaired) electrons. The van der Waals surface area contributed by atoms with E-state index in [4.69, 9.17) is 20.4 Å². The van der Waals surface area contributed by atoms with Crippen LogP contribution in [0.15, 0.2) is 53.7 Å². The molecule has 2 aromatic heterocycles. The first kappa shape index (κ1) is 50.6. The number of carbonyl (C=O) groups excluding carboxylic acids is 2. The quantitative estimate of drug-likeness (QED) is 0.197. The molecular formula is C51H75FN4O6. The Hall–Kier alpha value is -4.09. The van der Waals surface area contributed by atoms with Gasteiger partial charge in [-0.25, -0.2) is 4.39 Å². The van der Waals surface area contributed by atoms with Gasteiger partial charge in [0.2, 0.25) is 0 Å². The summed E-state index contributed by atoms with van der Waals surface area (Å²) in [5, 5.41) is 31.6. The van der Waals surface area contributed by atoms with Crippen molar-refractivity contribution >= 4 is 18.0 Å². The van der Waals surface area contributed by atoms with Crippen molar-refractivity contribution in [3.05, 3.63) is 76.5 Å². The molecule has 0 amide bonds. The van der Waals surface area contributed by atoms with Crippen molar-refractivity contribution in [1.82, 2.24) is 19.7 Å². The largest absolute Gasteiger partial charge is 0.481 e. The number of carbonyl (C=O) groups is 3. The van der Waals surface area contributed by atoms with Crippen molar-refractivity contribution < 1.29 is 34.1 Å². The lowest BCUT2D eigenvalue weighted by atomic mass is 9.40. The molecule has 3 N–H and O–H groups in total. The molecule has 10 nitrogen and oxygen atoms in total. The number of hydrogen-bond acceptors (Lipinski definition) is 8. The van der Waals surface area contributed by atoms with Crippen molar-refractivity contribution in [1.29, 1.82) is 0 Å². The van der Waals surface area contributed by atoms with Gasteiger partial charge in [-0.1, -0.05) is 77.8 Å². The zero-order chi connectivity index (χ0) is 46.4. The van der Waals surface area contributed by atoms with Crippen LogP contribution in [0.2, 0.25) is 0 Å². The first-order valence-corrected chi connectivity index (χ1v) is 22.6. The number of aliphatic hydroxyl groups excluding tert-OH is 2. The Morgan fingerprint density at radius 2 is 1.50 bits per heavy atom. The number of aromatic nitrogens is 4. The van der Waals surface area contributed by atoms with E-state index in [1.807, 2.05) is 19.2 Å². The number of benzene rings is 1. The molecule has 8 unspecified atom stereocenters. The second-order valence-corrected chi connectivity index (χ2v) is 20.3. The molecule has 342 valence electrons. The van der Waals surface area contributed by atoms with Crippen LogP contribution in [-0.2, 0) is 27.9 Å². The van der Waals surface area contributed by atoms with E-state index < -0.39 is 11.4 Å². The zero-order valence-electron chi connectivity index (χ0n) is 39.6. The van der Waals surface area contributed by atoms with Gasteiger partial charge in [0.05, 0.1) is 6.42 Å². The van der Waals surface area contributed by atoms with Crippen LogP contribution in [0.3, 0.4) is 0 Å². The first-order valence-electron chi connectivity index (χ1n) is 22.6. The number of aliphatic carboxylic acids is 1. The van der Waals surface area contributed by atoms with Gasteiger partial charge in [-0.05, 0) is 141 Å². The van der Waals surface area contributed by atoms with Crippen LogP contribution >= 0.6 is 0 Å². The molecular weight excluding hydrogens is 784 g/mol. The van der Waals surface area contributed by atoms with Crippen molar-refractivity contribution in [3.8, 4) is 11.5 Å². The number of nitrogens with zero attached hydrogens (tertiary/aromatic N) is 4. The summed E-state index contributed by atoms with van der Waals surface area (Å²) in [7, 11) is 4.08. The molecule has 1 aromatic carbocycles. The van der Waals surface area contributed by atoms with Crippen LogP contribution in [-0.4, -0.2) is 67.3 Å². The van der Waals surface area contributed by atoms with Crippen LogP contribution in [0, 0.1) is 76.8 Å². The summed E-state index contributed by atoms with van der Waals surface area (Å²) in [6, 6.07) is 10.5. The maximum absolute atomic E-state index is 13.9. The Morgan fingerprint density at radius 1 is 0.903 bits per heavy atom. The predicted molar refractivity (Wildman–Crippen MR) is 242 cm³/mol. The van der Waals surface area contributed by atoms with Gasteiger partial charge in [0, 0.05) is 51.1 Å². The molecule has 0 bridgehead atoms. The third kappa shape index (κ3) is 10.3. The number of carboxylic acids is 1. The second kappa shape index (κ2) is 20.6. The third-order valence-electron chi connectivity index (χ3n) is 15.4. The summed E-state index contributed by atoms with van der Waals surface area (Å²) < 4.78 is 14.2. The van der Waals surface area contributed by atoms with Gasteiger partial charge >= 0.3 is 5.97 Å². The minimum atomic E-state index is -0.938. The molecule has 8 atom stereocenters. The second-order valence-electron chi connectivity index (χ2n) is 20.3. The molecule has 5 aliphatic carbocycles. The van der Waals surface area contributed by atoms with Gasteiger partial charge in [0.25, 0.3) is 0 Å². The number of carboxylic acid groups (broad SMARTS) is 1. The molecule has 4 saturated carbocycles. The molecule has 11 heteroatoms. The Labute approximate surface area is 370 Å². The molecule has 62 heavy (non-hydrogen) atoms. The van der Waals surface area contributed by atoms with Crippen molar-refractivity contribution in [2.75, 3.05) is 14.2 Å². The van der Waals surface area contributed by atoms with Gasteiger partial charge in [0.1, 0.15) is 23.6 Å². The number of aliphatic hydroxyl groups is 2. The number of rotatable bonds is 7. The van der Waals surface area contributed by atoms with E-state index in [0.717, 1.165) is 73.3 Å². The summed E-state index contributed by atoms with van der Waals surface area (Å²) in [4.78, 5) is 38.6. The SMILES string of the molecule is CC(C)(C=O)CC(=O)O.CO.CO.Cc1ccc(-c2nnc(CC34CCC5C(CCC6C7(C)CCC(C)C7CCC56C)C3=C(C(C)C)C(=O)C4)n2C)nc1.Cc1ccc(F)cc1. The fraction of sp³-hybridized carbons (Fsp3) is 0.647. The summed E-state index contributed by atoms with van der Waals surface area (Å²) >= 11 is 0. The summed E-state index contributed by atoms with van der Waals surface area (Å²) in [6.45, 7) is 19.5. The number of aldehydes is 1. The fourth-order valence-electron chi connectivity index (χ4n) is 12.7. The lowest BCUT2D eigenvalue weighted by molar-refractivity contribution is -0.141. The van der Waals surface area contributed by atoms with E-state index in [0.29, 0.717) is 41.2 Å². The maximum Gasteiger partial charge on any atom is 0.304 e. The summed E-state index contributed by atoms with van der Waals surface area (Å²) in [6.07, 6.45) is 14.5. The Bertz CT molecular complexity index is 2000. The molecule has 5 aliphatic rings. The lowest BCUT2D eigenvalue weighted by Gasteiger charge is -2.64. The Balaban J connectivity index is 0.000000334. The zero-order valence-corrected chi connectivity index (χ0v) is 39.6. The lowest BCUT2D eigenvalue weighted by Crippen LogP contribution is -2.57. The van der Waals surface area contributed by atoms with Gasteiger partial charge < -0.3 is 24.7 Å². The standard InChI is InChI=1S/C36H50N4O.C7H7F.C6H10O3.2CH4O/c1-21(2)31-28(41)18-36(19-30-38-39-33(40(30)7)27-10-8-22(3)20-37-27)17-14-26-24(32(31)36)9-11-29-34(5)15-12-23(4)25(34)13-16-35(26,29)6;1-6-2-4-7(8)5-3-6;1-6(2,4-7)3-5(8)9;2*1-2/h8,10,20-21,23-26,29H,9,11-19H2,1-7H3;2-5H,1H3;4H,3H2,1-2H3,(H,8,9);2*2H,1H3. The number of aryl methyl sites for hydroxylation is 2. The van der Waals surface area contributed by atoms with Gasteiger partial charge in [0.15, 0.2) is 11.6 Å². The van der Waals surface area contributed by atoms with E-state index in [2.05, 4.69) is 69.3 Å². The maximum atomic E-state index is 13.9. The van der Waals surface area contributed by atoms with E-state index in [1.165, 1.54) is 62.7 Å². The minimum Gasteiger partial charge on any atom is -0.481 e. The molecule has 4 fully saturated rings. The minimum absolute atomic E-state index is 0.101. The van der Waals surface area contributed by atoms with E-state index >= 15 is 0 Å². The molecule has 8 rings (SSSR count). The molecule has 0 spiro atoms. The summed E-state index contributed by atoms with van der Waals surface area (Å²) in [5.41, 5.74) is 5.89. The number of halogens is 1. The molecule has 2 heterocycles. The van der Waals surface area contributed by atoms with Crippen molar-refractivity contribution in [3.63, 3.8) is 0 Å². The highest BCUT2D eigenvalue weighted by Crippen LogP contribution is 2.72. The predicted octanol–water partition coefficient (Wildman–Crippen LogP) is 9.97. The van der Waals surface area contributed by atoms with Crippen molar-refractivity contribution in [2.24, 2.45) is 64.2 Å². The number of Topliss-reactive ketones (excluding diaryl/α,β-unsaturated/α-hetero) is 1. The number of hydrogen-bond donors (Lipinski definition) is 3. The average molecular weight is 859 g/mol. The van der Waals surface area contributed by atoms with Crippen LogP contribution in [0.4, 0.5) is 4.39 Å². The number of ketones is 1.